The Morgan fingerprint density at radius 3 is 2.94 bits per heavy atom. The maximum atomic E-state index is 9.70. The summed E-state index contributed by atoms with van der Waals surface area (Å²) < 4.78 is 1.04. The summed E-state index contributed by atoms with van der Waals surface area (Å²) in [7, 11) is 0. The van der Waals surface area contributed by atoms with Crippen LogP contribution in [0.5, 0.6) is 0 Å². The van der Waals surface area contributed by atoms with Crippen molar-refractivity contribution < 1.29 is 5.11 Å². The average Bonchev–Trinajstić information content (AvgIpc) is 2.22. The monoisotopic (exact) mass is 284 g/mol. The lowest BCUT2D eigenvalue weighted by Gasteiger charge is -2.35. The van der Waals surface area contributed by atoms with Crippen molar-refractivity contribution in [3.05, 3.63) is 22.3 Å². The molecule has 1 aliphatic rings. The molecule has 2 unspecified atom stereocenters. The van der Waals surface area contributed by atoms with Gasteiger partial charge in [0.2, 0.25) is 0 Å². The first-order chi connectivity index (χ1) is 7.58. The summed E-state index contributed by atoms with van der Waals surface area (Å²) in [6, 6.07) is 2.08. The molecule has 2 rings (SSSR count). The lowest BCUT2D eigenvalue weighted by molar-refractivity contribution is 0.0968. The van der Waals surface area contributed by atoms with Crippen LogP contribution in [0.2, 0.25) is 0 Å². The molecule has 88 valence electrons. The van der Waals surface area contributed by atoms with E-state index in [2.05, 4.69) is 38.8 Å². The molecule has 1 saturated heterocycles. The maximum Gasteiger partial charge on any atom is 0.142 e. The summed E-state index contributed by atoms with van der Waals surface area (Å²) in [6.07, 6.45) is 2.54. The van der Waals surface area contributed by atoms with E-state index < -0.39 is 0 Å². The van der Waals surface area contributed by atoms with Crippen molar-refractivity contribution in [2.45, 2.75) is 26.4 Å². The minimum atomic E-state index is -0.166. The second kappa shape index (κ2) is 4.72. The quantitative estimate of drug-likeness (QED) is 0.860. The predicted octanol–water partition coefficient (Wildman–Crippen LogP) is 2.36. The van der Waals surface area contributed by atoms with E-state index in [1.165, 1.54) is 0 Å². The highest BCUT2D eigenvalue weighted by atomic mass is 79.9. The average molecular weight is 285 g/mol. The van der Waals surface area contributed by atoms with Crippen LogP contribution in [0.4, 0.5) is 5.82 Å². The van der Waals surface area contributed by atoms with Crippen LogP contribution in [0, 0.1) is 12.8 Å². The van der Waals surface area contributed by atoms with Crippen LogP contribution in [-0.4, -0.2) is 29.3 Å². The topological polar surface area (TPSA) is 36.4 Å². The third-order valence-corrected chi connectivity index (χ3v) is 3.70. The molecule has 2 heterocycles. The zero-order valence-corrected chi connectivity index (χ0v) is 11.2. The summed E-state index contributed by atoms with van der Waals surface area (Å²) in [5.41, 5.74) is 1.15. The number of piperidine rings is 1. The first-order valence-corrected chi connectivity index (χ1v) is 6.42. The van der Waals surface area contributed by atoms with E-state index in [1.807, 2.05) is 13.1 Å². The summed E-state index contributed by atoms with van der Waals surface area (Å²) in [6.45, 7) is 5.86. The smallest absolute Gasteiger partial charge is 0.142 e. The van der Waals surface area contributed by atoms with E-state index in [0.717, 1.165) is 35.4 Å². The van der Waals surface area contributed by atoms with E-state index >= 15 is 0 Å². The van der Waals surface area contributed by atoms with Gasteiger partial charge in [-0.3, -0.25) is 0 Å². The highest BCUT2D eigenvalue weighted by Gasteiger charge is 2.25. The molecule has 0 saturated carbocycles. The van der Waals surface area contributed by atoms with Crippen molar-refractivity contribution in [1.82, 2.24) is 4.98 Å². The zero-order chi connectivity index (χ0) is 11.7. The number of pyridine rings is 1. The Labute approximate surface area is 105 Å². The fraction of sp³-hybridized carbons (Fsp3) is 0.583. The minimum absolute atomic E-state index is 0.166. The van der Waals surface area contributed by atoms with Crippen LogP contribution in [0.25, 0.3) is 0 Å². The minimum Gasteiger partial charge on any atom is -0.393 e. The van der Waals surface area contributed by atoms with Gasteiger partial charge in [0.05, 0.1) is 10.6 Å². The largest absolute Gasteiger partial charge is 0.393 e. The normalized spacial score (nSPS) is 25.9. The van der Waals surface area contributed by atoms with Gasteiger partial charge >= 0.3 is 0 Å². The number of nitrogens with zero attached hydrogens (tertiary/aromatic N) is 2. The zero-order valence-electron chi connectivity index (χ0n) is 9.65. The summed E-state index contributed by atoms with van der Waals surface area (Å²) in [4.78, 5) is 6.70. The number of aliphatic hydroxyl groups is 1. The molecule has 1 aromatic heterocycles. The van der Waals surface area contributed by atoms with Crippen molar-refractivity contribution in [2.75, 3.05) is 18.0 Å². The third kappa shape index (κ3) is 2.38. The molecule has 1 fully saturated rings. The van der Waals surface area contributed by atoms with E-state index in [4.69, 9.17) is 0 Å². The molecule has 0 bridgehead atoms. The Kier molecular flexibility index (Phi) is 3.50. The maximum absolute atomic E-state index is 9.70. The van der Waals surface area contributed by atoms with Crippen LogP contribution in [0.1, 0.15) is 18.9 Å². The summed E-state index contributed by atoms with van der Waals surface area (Å²) in [5, 5.41) is 9.70. The fourth-order valence-electron chi connectivity index (χ4n) is 2.08. The van der Waals surface area contributed by atoms with Crippen molar-refractivity contribution in [1.29, 1.82) is 0 Å². The van der Waals surface area contributed by atoms with Crippen molar-refractivity contribution in [3.63, 3.8) is 0 Å². The van der Waals surface area contributed by atoms with Gasteiger partial charge in [0.1, 0.15) is 5.82 Å². The molecule has 0 amide bonds. The lowest BCUT2D eigenvalue weighted by Crippen LogP contribution is -2.42. The highest BCUT2D eigenvalue weighted by Crippen LogP contribution is 2.28. The second-order valence-electron chi connectivity index (χ2n) is 4.60. The van der Waals surface area contributed by atoms with Gasteiger partial charge in [-0.2, -0.15) is 0 Å². The number of hydrogen-bond donors (Lipinski definition) is 1. The Morgan fingerprint density at radius 1 is 1.56 bits per heavy atom. The van der Waals surface area contributed by atoms with Gasteiger partial charge in [-0.15, -0.1) is 0 Å². The van der Waals surface area contributed by atoms with Crippen molar-refractivity contribution in [3.8, 4) is 0 Å². The number of aliphatic hydroxyl groups excluding tert-OH is 1. The molecule has 2 atom stereocenters. The molecule has 1 N–H and O–H groups in total. The standard InChI is InChI=1S/C12H17BrN2O/c1-8-5-10(13)12(14-6-8)15-4-3-11(16)9(2)7-15/h5-6,9,11,16H,3-4,7H2,1-2H3. The second-order valence-corrected chi connectivity index (χ2v) is 5.45. The van der Waals surface area contributed by atoms with Crippen LogP contribution in [0.3, 0.4) is 0 Å². The predicted molar refractivity (Wildman–Crippen MR) is 68.7 cm³/mol. The van der Waals surface area contributed by atoms with Crippen LogP contribution < -0.4 is 4.90 Å². The summed E-state index contributed by atoms with van der Waals surface area (Å²) >= 11 is 3.55. The number of halogens is 1. The van der Waals surface area contributed by atoms with E-state index in [9.17, 15) is 5.11 Å². The number of aryl methyl sites for hydroxylation is 1. The van der Waals surface area contributed by atoms with Gasteiger partial charge in [-0.1, -0.05) is 6.92 Å². The van der Waals surface area contributed by atoms with Gasteiger partial charge in [0, 0.05) is 19.3 Å². The molecule has 16 heavy (non-hydrogen) atoms. The van der Waals surface area contributed by atoms with Gasteiger partial charge in [-0.25, -0.2) is 4.98 Å². The molecule has 0 spiro atoms. The molecule has 0 aliphatic carbocycles. The molecular weight excluding hydrogens is 268 g/mol. The third-order valence-electron chi connectivity index (χ3n) is 3.12. The molecule has 3 nitrogen and oxygen atoms in total. The van der Waals surface area contributed by atoms with E-state index in [-0.39, 0.29) is 6.10 Å². The lowest BCUT2D eigenvalue weighted by atomic mass is 9.97. The molecule has 4 heteroatoms. The van der Waals surface area contributed by atoms with Crippen LogP contribution >= 0.6 is 15.9 Å². The molecule has 1 aliphatic heterocycles. The Bertz CT molecular complexity index is 383. The van der Waals surface area contributed by atoms with Crippen molar-refractivity contribution in [2.24, 2.45) is 5.92 Å². The van der Waals surface area contributed by atoms with Gasteiger partial charge < -0.3 is 10.0 Å². The first kappa shape index (κ1) is 11.9. The molecular formula is C12H17BrN2O. The number of aromatic nitrogens is 1. The SMILES string of the molecule is Cc1cnc(N2CCC(O)C(C)C2)c(Br)c1. The Morgan fingerprint density at radius 2 is 2.31 bits per heavy atom. The number of hydrogen-bond acceptors (Lipinski definition) is 3. The molecule has 0 radical (unpaired) electrons. The van der Waals surface area contributed by atoms with Gasteiger partial charge in [0.25, 0.3) is 0 Å². The molecule has 1 aromatic rings. The Hall–Kier alpha value is -0.610. The first-order valence-electron chi connectivity index (χ1n) is 5.63. The number of anilines is 1. The summed E-state index contributed by atoms with van der Waals surface area (Å²) in [5.74, 6) is 1.30. The van der Waals surface area contributed by atoms with Crippen LogP contribution in [0.15, 0.2) is 16.7 Å². The van der Waals surface area contributed by atoms with Crippen molar-refractivity contribution >= 4 is 21.7 Å². The van der Waals surface area contributed by atoms with Gasteiger partial charge in [-0.05, 0) is 46.8 Å². The van der Waals surface area contributed by atoms with Gasteiger partial charge in [0.15, 0.2) is 0 Å². The highest BCUT2D eigenvalue weighted by molar-refractivity contribution is 9.10. The number of rotatable bonds is 1. The van der Waals surface area contributed by atoms with E-state index in [0.29, 0.717) is 5.92 Å². The van der Waals surface area contributed by atoms with Crippen LogP contribution in [-0.2, 0) is 0 Å². The fourth-order valence-corrected chi connectivity index (χ4v) is 2.80. The molecule has 0 aromatic carbocycles. The van der Waals surface area contributed by atoms with E-state index in [1.54, 1.807) is 0 Å². The Balaban J connectivity index is 2.18.